The van der Waals surface area contributed by atoms with Crippen molar-refractivity contribution in [3.05, 3.63) is 28.5 Å². The highest BCUT2D eigenvalue weighted by Crippen LogP contribution is 2.27. The van der Waals surface area contributed by atoms with Gasteiger partial charge >= 0.3 is 0 Å². The third-order valence-electron chi connectivity index (χ3n) is 1.54. The van der Waals surface area contributed by atoms with Crippen molar-refractivity contribution in [2.75, 3.05) is 6.61 Å². The molecule has 0 unspecified atom stereocenters. The number of carbonyl (C=O) groups excluding carboxylic acids is 1. The maximum Gasteiger partial charge on any atom is 0.254 e. The molecule has 0 atom stereocenters. The molecule has 1 aromatic carbocycles. The molecular formula is C10H5Cl2FO2. The third-order valence-corrected chi connectivity index (χ3v) is 2.06. The molecule has 0 bridgehead atoms. The molecule has 0 spiro atoms. The molecule has 0 aliphatic rings. The summed E-state index contributed by atoms with van der Waals surface area (Å²) in [4.78, 5) is 10.8. The van der Waals surface area contributed by atoms with E-state index in [0.29, 0.717) is 0 Å². The van der Waals surface area contributed by atoms with Gasteiger partial charge in [0.25, 0.3) is 5.24 Å². The van der Waals surface area contributed by atoms with Gasteiger partial charge in [-0.05, 0) is 17.7 Å². The van der Waals surface area contributed by atoms with Gasteiger partial charge in [-0.1, -0.05) is 17.5 Å². The molecule has 0 amide bonds. The van der Waals surface area contributed by atoms with E-state index >= 15 is 0 Å². The van der Waals surface area contributed by atoms with Crippen LogP contribution in [0, 0.1) is 18.2 Å². The van der Waals surface area contributed by atoms with Crippen LogP contribution in [-0.4, -0.2) is 11.8 Å². The minimum absolute atomic E-state index is 0.0171. The Balaban J connectivity index is 3.09. The van der Waals surface area contributed by atoms with Crippen LogP contribution >= 0.6 is 23.2 Å². The van der Waals surface area contributed by atoms with Crippen LogP contribution in [0.2, 0.25) is 5.02 Å². The molecule has 78 valence electrons. The molecule has 2 nitrogen and oxygen atoms in total. The first-order valence-electron chi connectivity index (χ1n) is 3.81. The molecule has 1 aromatic rings. The minimum Gasteiger partial charge on any atom is -0.478 e. The summed E-state index contributed by atoms with van der Waals surface area (Å²) < 4.78 is 18.1. The number of benzene rings is 1. The van der Waals surface area contributed by atoms with Gasteiger partial charge in [-0.2, -0.15) is 0 Å². The smallest absolute Gasteiger partial charge is 0.254 e. The third kappa shape index (κ3) is 2.85. The Bertz CT molecular complexity index is 438. The van der Waals surface area contributed by atoms with Crippen LogP contribution in [0.4, 0.5) is 4.39 Å². The zero-order chi connectivity index (χ0) is 11.4. The van der Waals surface area contributed by atoms with Crippen LogP contribution < -0.4 is 4.74 Å². The average Bonchev–Trinajstić information content (AvgIpc) is 2.18. The Hall–Kier alpha value is -1.24. The predicted octanol–water partition coefficient (Wildman–Crippen LogP) is 2.87. The maximum absolute atomic E-state index is 13.3. The van der Waals surface area contributed by atoms with Crippen molar-refractivity contribution in [2.24, 2.45) is 0 Å². The monoisotopic (exact) mass is 246 g/mol. The topological polar surface area (TPSA) is 26.3 Å². The van der Waals surface area contributed by atoms with Crippen molar-refractivity contribution in [3.8, 4) is 18.1 Å². The molecule has 0 heterocycles. The van der Waals surface area contributed by atoms with Crippen LogP contribution in [0.15, 0.2) is 12.1 Å². The highest BCUT2D eigenvalue weighted by molar-refractivity contribution is 6.68. The summed E-state index contributed by atoms with van der Waals surface area (Å²) in [5.74, 6) is 1.33. The number of terminal acetylenes is 1. The van der Waals surface area contributed by atoms with Gasteiger partial charge < -0.3 is 4.74 Å². The number of rotatable bonds is 3. The lowest BCUT2D eigenvalue weighted by atomic mass is 10.2. The molecule has 15 heavy (non-hydrogen) atoms. The van der Waals surface area contributed by atoms with Crippen molar-refractivity contribution in [2.45, 2.75) is 0 Å². The number of carbonyl (C=O) groups is 1. The van der Waals surface area contributed by atoms with E-state index in [4.69, 9.17) is 34.4 Å². The van der Waals surface area contributed by atoms with Gasteiger partial charge in [-0.15, -0.1) is 6.42 Å². The molecular weight excluding hydrogens is 242 g/mol. The first kappa shape index (κ1) is 11.8. The lowest BCUT2D eigenvalue weighted by Gasteiger charge is -2.06. The van der Waals surface area contributed by atoms with Gasteiger partial charge in [0.15, 0.2) is 11.6 Å². The second-order valence-corrected chi connectivity index (χ2v) is 3.28. The Morgan fingerprint density at radius 1 is 1.60 bits per heavy atom. The highest BCUT2D eigenvalue weighted by atomic mass is 35.5. The van der Waals surface area contributed by atoms with Gasteiger partial charge in [-0.3, -0.25) is 4.79 Å². The summed E-state index contributed by atoms with van der Waals surface area (Å²) in [7, 11) is 0. The molecule has 0 aliphatic heterocycles. The molecule has 1 rings (SSSR count). The Labute approximate surface area is 95.9 Å². The van der Waals surface area contributed by atoms with Crippen LogP contribution in [0.25, 0.3) is 0 Å². The van der Waals surface area contributed by atoms with Crippen LogP contribution in [0.3, 0.4) is 0 Å². The summed E-state index contributed by atoms with van der Waals surface area (Å²) in [5, 5.41) is -0.814. The number of ether oxygens (including phenoxy) is 1. The normalized spacial score (nSPS) is 9.47. The lowest BCUT2D eigenvalue weighted by Crippen LogP contribution is -1.99. The van der Waals surface area contributed by atoms with E-state index in [1.807, 2.05) is 0 Å². The van der Waals surface area contributed by atoms with E-state index in [0.717, 1.165) is 12.1 Å². The van der Waals surface area contributed by atoms with Crippen molar-refractivity contribution in [3.63, 3.8) is 0 Å². The first-order chi connectivity index (χ1) is 7.06. The fourth-order valence-corrected chi connectivity index (χ4v) is 1.35. The van der Waals surface area contributed by atoms with E-state index in [1.54, 1.807) is 0 Å². The summed E-state index contributed by atoms with van der Waals surface area (Å²) in [6.07, 6.45) is 4.94. The number of halogens is 3. The summed E-state index contributed by atoms with van der Waals surface area (Å²) >= 11 is 10.8. The Morgan fingerprint density at radius 2 is 2.27 bits per heavy atom. The average molecular weight is 247 g/mol. The largest absolute Gasteiger partial charge is 0.478 e. The number of hydrogen-bond donors (Lipinski definition) is 0. The molecule has 0 aliphatic carbocycles. The standard InChI is InChI=1S/C10H5Cl2FO2/c1-2-3-15-9-5-7(11)6(10(12)14)4-8(9)13/h1,4-5H,3H2. The fraction of sp³-hybridized carbons (Fsp3) is 0.100. The quantitative estimate of drug-likeness (QED) is 0.606. The fourth-order valence-electron chi connectivity index (χ4n) is 0.909. The Morgan fingerprint density at radius 3 is 2.80 bits per heavy atom. The van der Waals surface area contributed by atoms with Crippen LogP contribution in [0.5, 0.6) is 5.75 Å². The zero-order valence-electron chi connectivity index (χ0n) is 7.39. The van der Waals surface area contributed by atoms with Crippen molar-refractivity contribution < 1.29 is 13.9 Å². The first-order valence-corrected chi connectivity index (χ1v) is 4.57. The molecule has 0 saturated heterocycles. The van der Waals surface area contributed by atoms with E-state index in [-0.39, 0.29) is 22.9 Å². The van der Waals surface area contributed by atoms with Gasteiger partial charge in [0.05, 0.1) is 10.6 Å². The van der Waals surface area contributed by atoms with E-state index in [9.17, 15) is 9.18 Å². The van der Waals surface area contributed by atoms with Crippen molar-refractivity contribution >= 4 is 28.4 Å². The van der Waals surface area contributed by atoms with Gasteiger partial charge in [0.1, 0.15) is 6.61 Å². The second-order valence-electron chi connectivity index (χ2n) is 2.53. The van der Waals surface area contributed by atoms with Crippen molar-refractivity contribution in [1.29, 1.82) is 0 Å². The summed E-state index contributed by atoms with van der Waals surface area (Å²) in [6.45, 7) is -0.0819. The molecule has 0 aromatic heterocycles. The number of hydrogen-bond acceptors (Lipinski definition) is 2. The van der Waals surface area contributed by atoms with Gasteiger partial charge in [0.2, 0.25) is 0 Å². The highest BCUT2D eigenvalue weighted by Gasteiger charge is 2.13. The molecule has 5 heteroatoms. The van der Waals surface area contributed by atoms with E-state index < -0.39 is 11.1 Å². The minimum atomic E-state index is -0.831. The molecule has 0 N–H and O–H groups in total. The molecule has 0 fully saturated rings. The lowest BCUT2D eigenvalue weighted by molar-refractivity contribution is 0.108. The van der Waals surface area contributed by atoms with Crippen molar-refractivity contribution in [1.82, 2.24) is 0 Å². The summed E-state index contributed by atoms with van der Waals surface area (Å²) in [6, 6.07) is 2.06. The summed E-state index contributed by atoms with van der Waals surface area (Å²) in [5.41, 5.74) is -0.108. The maximum atomic E-state index is 13.3. The Kier molecular flexibility index (Phi) is 3.96. The van der Waals surface area contributed by atoms with E-state index in [1.165, 1.54) is 0 Å². The van der Waals surface area contributed by atoms with Crippen LogP contribution in [-0.2, 0) is 0 Å². The molecule has 0 saturated carbocycles. The molecule has 0 radical (unpaired) electrons. The van der Waals surface area contributed by atoms with Crippen LogP contribution in [0.1, 0.15) is 10.4 Å². The zero-order valence-corrected chi connectivity index (χ0v) is 8.90. The predicted molar refractivity (Wildman–Crippen MR) is 55.9 cm³/mol. The SMILES string of the molecule is C#CCOc1cc(Cl)c(C(=O)Cl)cc1F. The van der Waals surface area contributed by atoms with E-state index in [2.05, 4.69) is 5.92 Å². The van der Waals surface area contributed by atoms with Gasteiger partial charge in [-0.25, -0.2) is 4.39 Å². The second kappa shape index (κ2) is 5.01. The van der Waals surface area contributed by atoms with Gasteiger partial charge in [0, 0.05) is 6.07 Å².